The average molecular weight is 560 g/mol. The van der Waals surface area contributed by atoms with E-state index in [-0.39, 0.29) is 29.8 Å². The van der Waals surface area contributed by atoms with Crippen molar-refractivity contribution < 1.29 is 23.0 Å². The summed E-state index contributed by atoms with van der Waals surface area (Å²) in [6, 6.07) is 1.05. The Morgan fingerprint density at radius 2 is 1.90 bits per heavy atom. The highest BCUT2D eigenvalue weighted by Crippen LogP contribution is 2.28. The smallest absolute Gasteiger partial charge is 0.317 e. The van der Waals surface area contributed by atoms with Gasteiger partial charge in [-0.2, -0.15) is 0 Å². The first-order valence-corrected chi connectivity index (χ1v) is 14.0. The summed E-state index contributed by atoms with van der Waals surface area (Å²) in [6.45, 7) is 4.88. The summed E-state index contributed by atoms with van der Waals surface area (Å²) in [5, 5.41) is 6.79. The number of nitrogens with one attached hydrogen (secondary N) is 3. The number of carbonyl (C=O) groups excluding carboxylic acids is 1. The van der Waals surface area contributed by atoms with Gasteiger partial charge >= 0.3 is 6.03 Å². The van der Waals surface area contributed by atoms with Crippen LogP contribution in [0.5, 0.6) is 0 Å². The topological polar surface area (TPSA) is 117 Å². The van der Waals surface area contributed by atoms with Crippen LogP contribution in [0.25, 0.3) is 22.4 Å². The van der Waals surface area contributed by atoms with Gasteiger partial charge in [0.1, 0.15) is 11.5 Å². The molecule has 10 nitrogen and oxygen atoms in total. The molecule has 1 fully saturated rings. The van der Waals surface area contributed by atoms with E-state index < -0.39 is 11.6 Å². The van der Waals surface area contributed by atoms with Crippen LogP contribution in [-0.2, 0) is 9.47 Å². The Labute approximate surface area is 233 Å². The molecule has 0 aliphatic heterocycles. The monoisotopic (exact) mass is 559 g/mol. The van der Waals surface area contributed by atoms with Crippen LogP contribution in [0.3, 0.4) is 0 Å². The summed E-state index contributed by atoms with van der Waals surface area (Å²) in [5.74, 6) is -0.727. The molecule has 0 spiro atoms. The lowest BCUT2D eigenvalue weighted by Crippen LogP contribution is -2.47. The first-order valence-electron chi connectivity index (χ1n) is 14.0. The van der Waals surface area contributed by atoms with Gasteiger partial charge < -0.3 is 30.0 Å². The molecule has 1 aliphatic carbocycles. The van der Waals surface area contributed by atoms with Crippen LogP contribution in [0.2, 0.25) is 0 Å². The van der Waals surface area contributed by atoms with Gasteiger partial charge in [-0.1, -0.05) is 19.8 Å². The molecule has 218 valence electrons. The van der Waals surface area contributed by atoms with E-state index in [9.17, 15) is 13.6 Å². The third-order valence-electron chi connectivity index (χ3n) is 7.01. The Morgan fingerprint density at radius 3 is 2.73 bits per heavy atom. The predicted molar refractivity (Wildman–Crippen MR) is 149 cm³/mol. The van der Waals surface area contributed by atoms with Crippen LogP contribution in [0.4, 0.5) is 19.4 Å². The molecular formula is C28H39F2N7O3. The van der Waals surface area contributed by atoms with Crippen LogP contribution < -0.4 is 10.6 Å². The second kappa shape index (κ2) is 14.8. The first-order chi connectivity index (χ1) is 19.4. The molecule has 2 atom stereocenters. The van der Waals surface area contributed by atoms with Crippen LogP contribution in [0.1, 0.15) is 51.9 Å². The molecule has 3 N–H and O–H groups in total. The third-order valence-corrected chi connectivity index (χ3v) is 7.01. The first kappa shape index (κ1) is 29.6. The molecule has 4 rings (SSSR count). The van der Waals surface area contributed by atoms with Gasteiger partial charge in [0.15, 0.2) is 17.5 Å². The van der Waals surface area contributed by atoms with E-state index in [1.807, 2.05) is 0 Å². The highest BCUT2D eigenvalue weighted by molar-refractivity contribution is 5.91. The maximum absolute atomic E-state index is 14.7. The van der Waals surface area contributed by atoms with Crippen molar-refractivity contribution in [1.82, 2.24) is 30.2 Å². The van der Waals surface area contributed by atoms with Gasteiger partial charge in [0.25, 0.3) is 0 Å². The standard InChI is InChI=1S/C28H39F2N7O3/c1-3-4-5-10-39-12-13-40-11-9-37(2)28(38)35-21-8-6-7-20(15-21)34-27-24(30)18-33-26(36-27)23-17-32-25-22(23)14-19(29)16-31-25/h14,16-18,20-21H,3-13,15H2,1-2H3,(H,31,32)(H,35,38)(H,33,34,36)/t20-,21+/m0/s1. The van der Waals surface area contributed by atoms with E-state index in [2.05, 4.69) is 37.5 Å². The van der Waals surface area contributed by atoms with E-state index in [1.54, 1.807) is 18.1 Å². The molecule has 3 aromatic rings. The van der Waals surface area contributed by atoms with Crippen LogP contribution in [0.15, 0.2) is 24.7 Å². The van der Waals surface area contributed by atoms with Crippen LogP contribution in [-0.4, -0.2) is 83.0 Å². The Hall–Kier alpha value is -3.38. The Bertz CT molecular complexity index is 1240. The highest BCUT2D eigenvalue weighted by Gasteiger charge is 2.25. The third kappa shape index (κ3) is 8.31. The SMILES string of the molecule is CCCCCOCCOCCN(C)C(=O)N[C@@H]1CCC[C@H](Nc2nc(-c3c[nH]c4ncc(F)cc34)ncc2F)C1. The van der Waals surface area contributed by atoms with Gasteiger partial charge in [-0.15, -0.1) is 0 Å². The Balaban J connectivity index is 1.24. The average Bonchev–Trinajstić information content (AvgIpc) is 3.36. The van der Waals surface area contributed by atoms with Crippen molar-refractivity contribution in [2.75, 3.05) is 45.3 Å². The quantitative estimate of drug-likeness (QED) is 0.241. The fourth-order valence-corrected chi connectivity index (χ4v) is 4.77. The van der Waals surface area contributed by atoms with Crippen molar-refractivity contribution in [3.8, 4) is 11.4 Å². The fraction of sp³-hybridized carbons (Fsp3) is 0.571. The summed E-state index contributed by atoms with van der Waals surface area (Å²) in [6.07, 6.45) is 10.4. The predicted octanol–water partition coefficient (Wildman–Crippen LogP) is 4.89. The molecular weight excluding hydrogens is 520 g/mol. The second-order valence-corrected chi connectivity index (χ2v) is 10.1. The summed E-state index contributed by atoms with van der Waals surface area (Å²) >= 11 is 0. The van der Waals surface area contributed by atoms with Gasteiger partial charge in [-0.05, 0) is 38.2 Å². The van der Waals surface area contributed by atoms with Gasteiger partial charge in [0.05, 0.1) is 32.2 Å². The van der Waals surface area contributed by atoms with E-state index >= 15 is 0 Å². The number of aromatic nitrogens is 4. The number of hydrogen-bond donors (Lipinski definition) is 3. The minimum Gasteiger partial charge on any atom is -0.379 e. The number of urea groups is 1. The number of nitrogens with zero attached hydrogens (tertiary/aromatic N) is 4. The number of rotatable bonds is 14. The molecule has 3 heterocycles. The number of H-pyrrole nitrogens is 1. The van der Waals surface area contributed by atoms with E-state index in [0.717, 1.165) is 44.7 Å². The molecule has 0 saturated heterocycles. The molecule has 0 unspecified atom stereocenters. The number of pyridine rings is 1. The molecule has 3 aromatic heterocycles. The lowest BCUT2D eigenvalue weighted by molar-refractivity contribution is 0.0419. The van der Waals surface area contributed by atoms with Crippen molar-refractivity contribution >= 4 is 22.9 Å². The number of ether oxygens (including phenoxy) is 2. The van der Waals surface area contributed by atoms with Crippen molar-refractivity contribution in [3.05, 3.63) is 36.3 Å². The molecule has 0 bridgehead atoms. The highest BCUT2D eigenvalue weighted by atomic mass is 19.1. The van der Waals surface area contributed by atoms with Gasteiger partial charge in [0, 0.05) is 49.4 Å². The number of likely N-dealkylation sites (N-methyl/N-ethyl adjacent to an activating group) is 1. The van der Waals surface area contributed by atoms with E-state index in [4.69, 9.17) is 9.47 Å². The molecule has 1 saturated carbocycles. The number of amides is 2. The fourth-order valence-electron chi connectivity index (χ4n) is 4.77. The number of anilines is 1. The molecule has 0 aromatic carbocycles. The van der Waals surface area contributed by atoms with Gasteiger partial charge in [-0.25, -0.2) is 28.5 Å². The van der Waals surface area contributed by atoms with Crippen molar-refractivity contribution in [2.45, 2.75) is 64.0 Å². The van der Waals surface area contributed by atoms with Gasteiger partial charge in [0.2, 0.25) is 0 Å². The van der Waals surface area contributed by atoms with Crippen molar-refractivity contribution in [3.63, 3.8) is 0 Å². The maximum Gasteiger partial charge on any atom is 0.317 e. The molecule has 1 aliphatic rings. The van der Waals surface area contributed by atoms with E-state index in [0.29, 0.717) is 49.4 Å². The minimum atomic E-state index is -0.579. The lowest BCUT2D eigenvalue weighted by Gasteiger charge is -2.32. The molecule has 0 radical (unpaired) electrons. The zero-order valence-corrected chi connectivity index (χ0v) is 23.2. The number of carbonyl (C=O) groups is 1. The van der Waals surface area contributed by atoms with Gasteiger partial charge in [-0.3, -0.25) is 0 Å². The number of aromatic amines is 1. The minimum absolute atomic E-state index is 0.0503. The largest absolute Gasteiger partial charge is 0.379 e. The second-order valence-electron chi connectivity index (χ2n) is 10.1. The molecule has 12 heteroatoms. The Morgan fingerprint density at radius 1 is 1.10 bits per heavy atom. The number of fused-ring (bicyclic) bond motifs is 1. The summed E-state index contributed by atoms with van der Waals surface area (Å²) in [7, 11) is 1.74. The molecule has 40 heavy (non-hydrogen) atoms. The Kier molecular flexibility index (Phi) is 11.0. The number of unbranched alkanes of at least 4 members (excludes halogenated alkanes) is 2. The zero-order chi connectivity index (χ0) is 28.3. The summed E-state index contributed by atoms with van der Waals surface area (Å²) in [5.41, 5.74) is 1.03. The van der Waals surface area contributed by atoms with Crippen molar-refractivity contribution in [1.29, 1.82) is 0 Å². The zero-order valence-electron chi connectivity index (χ0n) is 23.2. The van der Waals surface area contributed by atoms with Crippen LogP contribution in [0, 0.1) is 11.6 Å². The number of halogens is 2. The number of hydrogen-bond acceptors (Lipinski definition) is 7. The molecule has 2 amide bonds. The van der Waals surface area contributed by atoms with Crippen LogP contribution >= 0.6 is 0 Å². The maximum atomic E-state index is 14.7. The van der Waals surface area contributed by atoms with E-state index in [1.165, 1.54) is 18.9 Å². The normalized spacial score (nSPS) is 17.2. The lowest BCUT2D eigenvalue weighted by atomic mass is 9.91. The summed E-state index contributed by atoms with van der Waals surface area (Å²) in [4.78, 5) is 29.8. The summed E-state index contributed by atoms with van der Waals surface area (Å²) < 4.78 is 39.5. The van der Waals surface area contributed by atoms with Crippen molar-refractivity contribution in [2.24, 2.45) is 0 Å².